The van der Waals surface area contributed by atoms with Gasteiger partial charge in [0.15, 0.2) is 12.2 Å². The topological polar surface area (TPSA) is 108 Å². The first-order chi connectivity index (χ1) is 33.4. The van der Waals surface area contributed by atoms with Crippen LogP contribution < -0.4 is 0 Å². The molecule has 1 rings (SSSR count). The van der Waals surface area contributed by atoms with Crippen LogP contribution in [-0.4, -0.2) is 60.6 Å². The van der Waals surface area contributed by atoms with Crippen molar-refractivity contribution in [3.8, 4) is 0 Å². The largest absolute Gasteiger partial charge is 0.462 e. The lowest BCUT2D eigenvalue weighted by molar-refractivity contribution is -0.177. The van der Waals surface area contributed by atoms with E-state index in [1.807, 2.05) is 0 Å². The van der Waals surface area contributed by atoms with Crippen LogP contribution in [0.3, 0.4) is 0 Å². The highest BCUT2D eigenvalue weighted by Crippen LogP contribution is 2.25. The summed E-state index contributed by atoms with van der Waals surface area (Å²) >= 11 is 0. The second kappa shape index (κ2) is 49.5. The lowest BCUT2D eigenvalue weighted by Gasteiger charge is -2.28. The van der Waals surface area contributed by atoms with E-state index in [4.69, 9.17) is 18.9 Å². The lowest BCUT2D eigenvalue weighted by atomic mass is 10.1. The van der Waals surface area contributed by atoms with Crippen LogP contribution >= 0.6 is 0 Å². The smallest absolute Gasteiger partial charge is 0.306 e. The van der Waals surface area contributed by atoms with E-state index in [0.29, 0.717) is 12.8 Å². The minimum absolute atomic E-state index is 0.0544. The van der Waals surface area contributed by atoms with Crippen molar-refractivity contribution in [1.82, 2.24) is 0 Å². The monoisotopic (exact) mass is 957 g/mol. The van der Waals surface area contributed by atoms with Gasteiger partial charge in [0.1, 0.15) is 18.8 Å². The fourth-order valence-corrected chi connectivity index (χ4v) is 8.98. The number of hydrogen-bond donors (Lipinski definition) is 1. The summed E-state index contributed by atoms with van der Waals surface area (Å²) in [6.07, 6.45) is 56.7. The third kappa shape index (κ3) is 40.3. The molecule has 68 heavy (non-hydrogen) atoms. The molecule has 0 aliphatic carbocycles. The molecule has 0 aromatic carbocycles. The van der Waals surface area contributed by atoms with E-state index in [1.54, 1.807) is 0 Å². The van der Waals surface area contributed by atoms with E-state index >= 15 is 0 Å². The van der Waals surface area contributed by atoms with Gasteiger partial charge in [0, 0.05) is 19.3 Å². The quantitative estimate of drug-likeness (QED) is 0.0278. The van der Waals surface area contributed by atoms with Gasteiger partial charge >= 0.3 is 17.9 Å². The number of aliphatic hydroxyl groups excluding tert-OH is 1. The summed E-state index contributed by atoms with van der Waals surface area (Å²) in [4.78, 5) is 39.1. The molecule has 8 nitrogen and oxygen atoms in total. The van der Waals surface area contributed by atoms with E-state index in [1.165, 1.54) is 135 Å². The van der Waals surface area contributed by atoms with E-state index in [2.05, 4.69) is 57.2 Å². The summed E-state index contributed by atoms with van der Waals surface area (Å²) in [5.74, 6) is -1.15. The van der Waals surface area contributed by atoms with Gasteiger partial charge in [0.2, 0.25) is 0 Å². The zero-order valence-corrected chi connectivity index (χ0v) is 44.7. The van der Waals surface area contributed by atoms with Gasteiger partial charge in [-0.3, -0.25) is 14.4 Å². The highest BCUT2D eigenvalue weighted by molar-refractivity contribution is 5.71. The summed E-state index contributed by atoms with van der Waals surface area (Å²) in [5, 5.41) is 10.9. The van der Waals surface area contributed by atoms with Crippen molar-refractivity contribution in [3.05, 3.63) is 36.5 Å². The standard InChI is InChI=1S/C60H108O8/c1-4-7-10-13-16-19-22-25-28-31-34-37-40-43-46-49-56(62)65-53-55(67-57(63)50-47-44-41-38-35-32-29-26-23-20-17-14-11-8-5-2)60-59(54(61)52-66-60)68-58(64)51-48-45-42-39-36-33-30-27-24-21-18-15-12-9-6-3/h25-30,54-55,59-61H,4-24,31-53H2,1-3H3/b28-25-,29-26-,30-27-. The van der Waals surface area contributed by atoms with Gasteiger partial charge in [0.25, 0.3) is 0 Å². The average Bonchev–Trinajstić information content (AvgIpc) is 3.69. The van der Waals surface area contributed by atoms with Crippen molar-refractivity contribution in [2.24, 2.45) is 0 Å². The zero-order valence-electron chi connectivity index (χ0n) is 44.7. The Morgan fingerprint density at radius 2 is 0.750 bits per heavy atom. The lowest BCUT2D eigenvalue weighted by Crippen LogP contribution is -2.46. The molecule has 4 atom stereocenters. The van der Waals surface area contributed by atoms with Gasteiger partial charge in [-0.15, -0.1) is 0 Å². The number of carbonyl (C=O) groups is 3. The summed E-state index contributed by atoms with van der Waals surface area (Å²) < 4.78 is 23.3. The van der Waals surface area contributed by atoms with E-state index < -0.39 is 36.4 Å². The molecule has 396 valence electrons. The number of hydrogen-bond acceptors (Lipinski definition) is 8. The predicted molar refractivity (Wildman–Crippen MR) is 285 cm³/mol. The molecule has 0 saturated carbocycles. The number of esters is 3. The van der Waals surface area contributed by atoms with Crippen molar-refractivity contribution in [1.29, 1.82) is 0 Å². The van der Waals surface area contributed by atoms with Gasteiger partial charge in [-0.25, -0.2) is 0 Å². The van der Waals surface area contributed by atoms with E-state index in [0.717, 1.165) is 103 Å². The highest BCUT2D eigenvalue weighted by Gasteiger charge is 2.46. The highest BCUT2D eigenvalue weighted by atomic mass is 16.6. The number of unbranched alkanes of at least 4 members (excludes halogenated alkanes) is 33. The summed E-state index contributed by atoms with van der Waals surface area (Å²) in [5.41, 5.74) is 0. The van der Waals surface area contributed by atoms with Crippen LogP contribution in [0.15, 0.2) is 36.5 Å². The van der Waals surface area contributed by atoms with Crippen molar-refractivity contribution in [3.63, 3.8) is 0 Å². The number of aliphatic hydroxyl groups is 1. The Morgan fingerprint density at radius 1 is 0.441 bits per heavy atom. The number of allylic oxidation sites excluding steroid dienone is 6. The van der Waals surface area contributed by atoms with Gasteiger partial charge < -0.3 is 24.1 Å². The molecular weight excluding hydrogens is 849 g/mol. The first-order valence-electron chi connectivity index (χ1n) is 29.2. The molecule has 1 saturated heterocycles. The van der Waals surface area contributed by atoms with Crippen LogP contribution in [0.5, 0.6) is 0 Å². The predicted octanol–water partition coefficient (Wildman–Crippen LogP) is 17.2. The molecule has 0 spiro atoms. The fraction of sp³-hybridized carbons (Fsp3) is 0.850. The fourth-order valence-electron chi connectivity index (χ4n) is 8.98. The molecule has 0 radical (unpaired) electrons. The van der Waals surface area contributed by atoms with Crippen molar-refractivity contribution in [2.45, 2.75) is 315 Å². The molecule has 4 unspecified atom stereocenters. The zero-order chi connectivity index (χ0) is 49.2. The first-order valence-corrected chi connectivity index (χ1v) is 29.2. The average molecular weight is 958 g/mol. The van der Waals surface area contributed by atoms with Gasteiger partial charge in [-0.2, -0.15) is 0 Å². The Balaban J connectivity index is 2.50. The number of ether oxygens (including phenoxy) is 4. The third-order valence-corrected chi connectivity index (χ3v) is 13.4. The van der Waals surface area contributed by atoms with Crippen LogP contribution in [0.2, 0.25) is 0 Å². The van der Waals surface area contributed by atoms with E-state index in [-0.39, 0.29) is 38.4 Å². The Bertz CT molecular complexity index is 1230. The summed E-state index contributed by atoms with van der Waals surface area (Å²) in [7, 11) is 0. The first kappa shape index (κ1) is 63.6. The van der Waals surface area contributed by atoms with Crippen molar-refractivity contribution < 1.29 is 38.4 Å². The van der Waals surface area contributed by atoms with Crippen LogP contribution in [0.4, 0.5) is 0 Å². The Labute approximate surface area is 419 Å². The van der Waals surface area contributed by atoms with Crippen molar-refractivity contribution in [2.75, 3.05) is 13.2 Å². The normalized spacial score (nSPS) is 16.7. The molecule has 1 fully saturated rings. The SMILES string of the molecule is CCCCCCCC/C=C\CCCCCCCC(=O)OCC(OC(=O)CCCCCCC/C=C\CCCCCCCC)C1OCC(O)C1OC(=O)CCCCCCC/C=C\CCCCCCCC. The van der Waals surface area contributed by atoms with Crippen molar-refractivity contribution >= 4 is 17.9 Å². The molecule has 0 aromatic rings. The second-order valence-corrected chi connectivity index (χ2v) is 20.0. The van der Waals surface area contributed by atoms with Crippen LogP contribution in [0, 0.1) is 0 Å². The number of carbonyl (C=O) groups excluding carboxylic acids is 3. The molecule has 0 aromatic heterocycles. The second-order valence-electron chi connectivity index (χ2n) is 20.0. The molecule has 0 bridgehead atoms. The van der Waals surface area contributed by atoms with Gasteiger partial charge in [-0.05, 0) is 96.3 Å². The molecular formula is C60H108O8. The summed E-state index contributed by atoms with van der Waals surface area (Å²) in [6, 6.07) is 0. The third-order valence-electron chi connectivity index (χ3n) is 13.4. The number of rotatable bonds is 50. The van der Waals surface area contributed by atoms with Crippen LogP contribution in [0.1, 0.15) is 290 Å². The maximum Gasteiger partial charge on any atom is 0.306 e. The maximum atomic E-state index is 13.2. The Kier molecular flexibility index (Phi) is 46.3. The summed E-state index contributed by atoms with van der Waals surface area (Å²) in [6.45, 7) is 6.51. The van der Waals surface area contributed by atoms with Gasteiger partial charge in [-0.1, -0.05) is 211 Å². The maximum absolute atomic E-state index is 13.2. The Hall–Kier alpha value is -2.45. The minimum Gasteiger partial charge on any atom is -0.462 e. The molecule has 1 N–H and O–H groups in total. The molecule has 1 aliphatic rings. The van der Waals surface area contributed by atoms with E-state index in [9.17, 15) is 19.5 Å². The Morgan fingerprint density at radius 3 is 1.12 bits per heavy atom. The molecule has 1 heterocycles. The van der Waals surface area contributed by atoms with Crippen LogP contribution in [0.25, 0.3) is 0 Å². The van der Waals surface area contributed by atoms with Crippen LogP contribution in [-0.2, 0) is 33.3 Å². The van der Waals surface area contributed by atoms with Gasteiger partial charge in [0.05, 0.1) is 6.61 Å². The molecule has 1 aliphatic heterocycles. The molecule has 0 amide bonds. The molecule has 8 heteroatoms. The minimum atomic E-state index is -1.06.